The van der Waals surface area contributed by atoms with Crippen molar-refractivity contribution in [1.82, 2.24) is 9.55 Å². The smallest absolute Gasteiger partial charge is 0.114 e. The van der Waals surface area contributed by atoms with Gasteiger partial charge in [0.15, 0.2) is 0 Å². The molecule has 0 aromatic carbocycles. The lowest BCUT2D eigenvalue weighted by atomic mass is 10.2. The van der Waals surface area contributed by atoms with Gasteiger partial charge in [0.1, 0.15) is 11.2 Å². The summed E-state index contributed by atoms with van der Waals surface area (Å²) in [6.45, 7) is 6.32. The molecule has 2 aromatic rings. The summed E-state index contributed by atoms with van der Waals surface area (Å²) in [5.74, 6) is 0.457. The average molecular weight is 215 g/mol. The molecule has 0 N–H and O–H groups in total. The van der Waals surface area contributed by atoms with Crippen LogP contribution in [0.15, 0.2) is 23.3 Å². The Morgan fingerprint density at radius 1 is 1.44 bits per heavy atom. The van der Waals surface area contributed by atoms with E-state index in [9.17, 15) is 0 Å². The molecule has 0 saturated carbocycles. The molecule has 0 unspecified atom stereocenters. The molecule has 0 spiro atoms. The molecule has 0 fully saturated rings. The Balaban J connectivity index is 2.64. The second kappa shape index (κ2) is 4.08. The van der Waals surface area contributed by atoms with Gasteiger partial charge < -0.3 is 4.57 Å². The van der Waals surface area contributed by atoms with Crippen LogP contribution in [0.3, 0.4) is 0 Å². The highest BCUT2D eigenvalue weighted by atomic mass is 15.0. The van der Waals surface area contributed by atoms with Crippen molar-refractivity contribution in [3.8, 4) is 0 Å². The molecule has 0 radical (unpaired) electrons. The summed E-state index contributed by atoms with van der Waals surface area (Å²) in [7, 11) is 2.05. The first kappa shape index (κ1) is 10.9. The van der Waals surface area contributed by atoms with Gasteiger partial charge in [0.2, 0.25) is 0 Å². The fourth-order valence-electron chi connectivity index (χ4n) is 1.74. The van der Waals surface area contributed by atoms with Crippen molar-refractivity contribution in [3.05, 3.63) is 24.0 Å². The lowest BCUT2D eigenvalue weighted by molar-refractivity contribution is 0.902. The number of aliphatic imine (C=N–C) groups is 1. The average Bonchev–Trinajstić information content (AvgIpc) is 2.50. The molecule has 3 heteroatoms. The SMILES string of the molecule is Cc1c(N=CC(C)C)c2ncccc2n1C. The molecular formula is C13H17N3. The van der Waals surface area contributed by atoms with E-state index in [4.69, 9.17) is 0 Å². The number of nitrogens with zero attached hydrogens (tertiary/aromatic N) is 3. The molecule has 16 heavy (non-hydrogen) atoms. The van der Waals surface area contributed by atoms with Crippen molar-refractivity contribution in [2.45, 2.75) is 20.8 Å². The maximum absolute atomic E-state index is 4.55. The number of rotatable bonds is 2. The van der Waals surface area contributed by atoms with Gasteiger partial charge in [-0.1, -0.05) is 13.8 Å². The predicted octanol–water partition coefficient (Wildman–Crippen LogP) is 3.24. The maximum Gasteiger partial charge on any atom is 0.114 e. The van der Waals surface area contributed by atoms with Gasteiger partial charge in [0.05, 0.1) is 5.52 Å². The fraction of sp³-hybridized carbons (Fsp3) is 0.385. The van der Waals surface area contributed by atoms with Gasteiger partial charge in [-0.15, -0.1) is 0 Å². The zero-order valence-electron chi connectivity index (χ0n) is 10.2. The van der Waals surface area contributed by atoms with Gasteiger partial charge in [-0.3, -0.25) is 9.98 Å². The maximum atomic E-state index is 4.55. The van der Waals surface area contributed by atoms with E-state index in [1.54, 1.807) is 0 Å². The van der Waals surface area contributed by atoms with Crippen LogP contribution in [0, 0.1) is 12.8 Å². The Kier molecular flexibility index (Phi) is 2.77. The first-order valence-electron chi connectivity index (χ1n) is 5.55. The van der Waals surface area contributed by atoms with Crippen molar-refractivity contribution < 1.29 is 0 Å². The van der Waals surface area contributed by atoms with Crippen LogP contribution in [0.25, 0.3) is 11.0 Å². The highest BCUT2D eigenvalue weighted by Gasteiger charge is 2.10. The zero-order valence-corrected chi connectivity index (χ0v) is 10.2. The van der Waals surface area contributed by atoms with Gasteiger partial charge in [0, 0.05) is 25.2 Å². The number of pyridine rings is 1. The third-order valence-corrected chi connectivity index (χ3v) is 2.72. The topological polar surface area (TPSA) is 30.2 Å². The second-order valence-electron chi connectivity index (χ2n) is 4.39. The molecule has 0 saturated heterocycles. The molecular weight excluding hydrogens is 198 g/mol. The van der Waals surface area contributed by atoms with E-state index >= 15 is 0 Å². The number of hydrogen-bond donors (Lipinski definition) is 0. The van der Waals surface area contributed by atoms with Crippen molar-refractivity contribution >= 4 is 22.9 Å². The Labute approximate surface area is 95.8 Å². The fourth-order valence-corrected chi connectivity index (χ4v) is 1.74. The minimum absolute atomic E-state index is 0.457. The molecule has 2 rings (SSSR count). The van der Waals surface area contributed by atoms with Gasteiger partial charge in [-0.05, 0) is 25.0 Å². The van der Waals surface area contributed by atoms with E-state index in [-0.39, 0.29) is 0 Å². The third-order valence-electron chi connectivity index (χ3n) is 2.72. The normalized spacial score (nSPS) is 12.1. The van der Waals surface area contributed by atoms with Gasteiger partial charge in [-0.25, -0.2) is 0 Å². The minimum atomic E-state index is 0.457. The predicted molar refractivity (Wildman–Crippen MR) is 68.4 cm³/mol. The standard InChI is InChI=1S/C13H17N3/c1-9(2)8-15-12-10(3)16(4)11-6-5-7-14-13(11)12/h5-9H,1-4H3. The minimum Gasteiger partial charge on any atom is -0.345 e. The van der Waals surface area contributed by atoms with E-state index in [0.29, 0.717) is 5.92 Å². The highest BCUT2D eigenvalue weighted by Crippen LogP contribution is 2.30. The van der Waals surface area contributed by atoms with Crippen molar-refractivity contribution in [3.63, 3.8) is 0 Å². The van der Waals surface area contributed by atoms with E-state index in [1.807, 2.05) is 25.5 Å². The van der Waals surface area contributed by atoms with Crippen LogP contribution in [0.1, 0.15) is 19.5 Å². The summed E-state index contributed by atoms with van der Waals surface area (Å²) in [5.41, 5.74) is 4.27. The third kappa shape index (κ3) is 1.73. The summed E-state index contributed by atoms with van der Waals surface area (Å²) >= 11 is 0. The molecule has 0 atom stereocenters. The first-order chi connectivity index (χ1) is 7.61. The number of fused-ring (bicyclic) bond motifs is 1. The van der Waals surface area contributed by atoms with Crippen LogP contribution in [0.4, 0.5) is 5.69 Å². The lowest BCUT2D eigenvalue weighted by Crippen LogP contribution is -1.89. The summed E-state index contributed by atoms with van der Waals surface area (Å²) in [4.78, 5) is 8.95. The summed E-state index contributed by atoms with van der Waals surface area (Å²) in [6.07, 6.45) is 3.78. The molecule has 0 aliphatic heterocycles. The second-order valence-corrected chi connectivity index (χ2v) is 4.39. The molecule has 0 aliphatic carbocycles. The molecule has 3 nitrogen and oxygen atoms in total. The van der Waals surface area contributed by atoms with Gasteiger partial charge >= 0.3 is 0 Å². The van der Waals surface area contributed by atoms with Crippen LogP contribution in [0.2, 0.25) is 0 Å². The van der Waals surface area contributed by atoms with E-state index in [2.05, 4.69) is 41.4 Å². The lowest BCUT2D eigenvalue weighted by Gasteiger charge is -1.97. The van der Waals surface area contributed by atoms with Crippen molar-refractivity contribution in [2.24, 2.45) is 18.0 Å². The van der Waals surface area contributed by atoms with E-state index in [1.165, 1.54) is 0 Å². The zero-order chi connectivity index (χ0) is 11.7. The first-order valence-corrected chi connectivity index (χ1v) is 5.55. The largest absolute Gasteiger partial charge is 0.345 e. The quantitative estimate of drug-likeness (QED) is 0.707. The molecule has 84 valence electrons. The van der Waals surface area contributed by atoms with E-state index < -0.39 is 0 Å². The Morgan fingerprint density at radius 2 is 2.19 bits per heavy atom. The Hall–Kier alpha value is -1.64. The van der Waals surface area contributed by atoms with Crippen molar-refractivity contribution in [2.75, 3.05) is 0 Å². The molecule has 0 bridgehead atoms. The molecule has 0 aliphatic rings. The highest BCUT2D eigenvalue weighted by molar-refractivity contribution is 5.91. The molecule has 2 aromatic heterocycles. The molecule has 2 heterocycles. The van der Waals surface area contributed by atoms with Crippen molar-refractivity contribution in [1.29, 1.82) is 0 Å². The van der Waals surface area contributed by atoms with Gasteiger partial charge in [-0.2, -0.15) is 0 Å². The number of hydrogen-bond acceptors (Lipinski definition) is 2. The van der Waals surface area contributed by atoms with Crippen LogP contribution in [-0.2, 0) is 7.05 Å². The van der Waals surface area contributed by atoms with Gasteiger partial charge in [0.25, 0.3) is 0 Å². The number of aromatic nitrogens is 2. The monoisotopic (exact) mass is 215 g/mol. The summed E-state index contributed by atoms with van der Waals surface area (Å²) < 4.78 is 2.13. The van der Waals surface area contributed by atoms with Crippen LogP contribution >= 0.6 is 0 Å². The summed E-state index contributed by atoms with van der Waals surface area (Å²) in [6, 6.07) is 4.03. The Morgan fingerprint density at radius 3 is 2.88 bits per heavy atom. The van der Waals surface area contributed by atoms with Crippen LogP contribution in [0.5, 0.6) is 0 Å². The summed E-state index contributed by atoms with van der Waals surface area (Å²) in [5, 5.41) is 0. The molecule has 0 amide bonds. The van der Waals surface area contributed by atoms with Crippen LogP contribution < -0.4 is 0 Å². The Bertz CT molecular complexity index is 535. The number of aryl methyl sites for hydroxylation is 1. The van der Waals surface area contributed by atoms with Crippen LogP contribution in [-0.4, -0.2) is 15.8 Å². The van der Waals surface area contributed by atoms with E-state index in [0.717, 1.165) is 22.4 Å².